The summed E-state index contributed by atoms with van der Waals surface area (Å²) in [4.78, 5) is 0. The van der Waals surface area contributed by atoms with Gasteiger partial charge >= 0.3 is 0 Å². The quantitative estimate of drug-likeness (QED) is 0.519. The maximum atomic E-state index is 9.99. The maximum absolute atomic E-state index is 9.99. The molecule has 0 aromatic carbocycles. The summed E-state index contributed by atoms with van der Waals surface area (Å²) < 4.78 is 0. The fourth-order valence-electron chi connectivity index (χ4n) is 2.14. The second-order valence-corrected chi connectivity index (χ2v) is 5.31. The van der Waals surface area contributed by atoms with Crippen molar-refractivity contribution in [3.63, 3.8) is 0 Å². The Bertz CT molecular complexity index is 178. The summed E-state index contributed by atoms with van der Waals surface area (Å²) in [6.07, 6.45) is -1.60. The molecule has 0 amide bonds. The molecule has 1 saturated carbocycles. The molecule has 0 bridgehead atoms. The number of aliphatic hydroxyl groups is 3. The van der Waals surface area contributed by atoms with Gasteiger partial charge in [0.15, 0.2) is 0 Å². The van der Waals surface area contributed by atoms with Gasteiger partial charge in [-0.15, -0.1) is 0 Å². The summed E-state index contributed by atoms with van der Waals surface area (Å²) in [5, 5.41) is 29.4. The fourth-order valence-corrected chi connectivity index (χ4v) is 2.14. The van der Waals surface area contributed by atoms with Gasteiger partial charge in [-0.05, 0) is 0 Å². The van der Waals surface area contributed by atoms with Gasteiger partial charge in [-0.2, -0.15) is 0 Å². The van der Waals surface area contributed by atoms with E-state index in [2.05, 4.69) is 0 Å². The van der Waals surface area contributed by atoms with Gasteiger partial charge in [0.1, 0.15) is 0 Å². The van der Waals surface area contributed by atoms with Gasteiger partial charge in [-0.3, -0.25) is 0 Å². The molecule has 0 radical (unpaired) electrons. The van der Waals surface area contributed by atoms with E-state index in [1.165, 1.54) is 0 Å². The lowest BCUT2D eigenvalue weighted by Gasteiger charge is -2.51. The van der Waals surface area contributed by atoms with Crippen molar-refractivity contribution in [3.8, 4) is 0 Å². The summed E-state index contributed by atoms with van der Waals surface area (Å²) >= 11 is 0. The third-order valence-corrected chi connectivity index (χ3v) is 3.57. The smallest absolute Gasteiger partial charge is 0.0691 e. The van der Waals surface area contributed by atoms with Crippen LogP contribution in [0.5, 0.6) is 0 Å². The average molecular weight is 188 g/mol. The molecule has 0 aromatic rings. The molecule has 13 heavy (non-hydrogen) atoms. The lowest BCUT2D eigenvalue weighted by atomic mass is 9.60. The minimum atomic E-state index is -0.682. The molecule has 3 heteroatoms. The zero-order chi connectivity index (χ0) is 10.4. The predicted molar refractivity (Wildman–Crippen MR) is 50.2 cm³/mol. The van der Waals surface area contributed by atoms with Crippen molar-refractivity contribution in [1.29, 1.82) is 0 Å². The fraction of sp³-hybridized carbons (Fsp3) is 1.00. The summed E-state index contributed by atoms with van der Waals surface area (Å²) in [6, 6.07) is 0. The highest BCUT2D eigenvalue weighted by Crippen LogP contribution is 2.45. The lowest BCUT2D eigenvalue weighted by Crippen LogP contribution is -2.58. The predicted octanol–water partition coefficient (Wildman–Crippen LogP) is 0.525. The van der Waals surface area contributed by atoms with Gasteiger partial charge < -0.3 is 15.3 Å². The molecule has 1 aliphatic rings. The van der Waals surface area contributed by atoms with Gasteiger partial charge in [0.2, 0.25) is 0 Å². The maximum Gasteiger partial charge on any atom is 0.0691 e. The van der Waals surface area contributed by atoms with E-state index in [0.29, 0.717) is 6.42 Å². The SMILES string of the molecule is CC1(C)C(O)C(C)(C)[C@@H](O)C[C@H]1O. The van der Waals surface area contributed by atoms with Crippen LogP contribution in [0.25, 0.3) is 0 Å². The molecule has 3 atom stereocenters. The zero-order valence-electron chi connectivity index (χ0n) is 8.78. The summed E-state index contributed by atoms with van der Waals surface area (Å²) in [5.41, 5.74) is -1.08. The van der Waals surface area contributed by atoms with Crippen LogP contribution in [0.3, 0.4) is 0 Å². The monoisotopic (exact) mass is 188 g/mol. The van der Waals surface area contributed by atoms with Crippen molar-refractivity contribution in [2.75, 3.05) is 0 Å². The molecule has 0 heterocycles. The third kappa shape index (κ3) is 1.49. The Balaban J connectivity index is 2.96. The normalized spacial score (nSPS) is 43.2. The second-order valence-electron chi connectivity index (χ2n) is 5.31. The van der Waals surface area contributed by atoms with Crippen LogP contribution in [0.1, 0.15) is 34.1 Å². The molecule has 0 saturated heterocycles. The van der Waals surface area contributed by atoms with Crippen LogP contribution in [0, 0.1) is 10.8 Å². The molecular formula is C10H20O3. The van der Waals surface area contributed by atoms with E-state index in [1.54, 1.807) is 0 Å². The van der Waals surface area contributed by atoms with Gasteiger partial charge in [0.05, 0.1) is 18.3 Å². The molecule has 1 unspecified atom stereocenters. The molecule has 0 spiro atoms. The minimum absolute atomic E-state index is 0.344. The van der Waals surface area contributed by atoms with Crippen molar-refractivity contribution in [2.45, 2.75) is 52.4 Å². The molecule has 3 N–H and O–H groups in total. The van der Waals surface area contributed by atoms with Crippen LogP contribution in [0.15, 0.2) is 0 Å². The first kappa shape index (κ1) is 11.0. The molecule has 1 rings (SSSR count). The standard InChI is InChI=1S/C10H20O3/c1-9(2)6(11)5-7(12)10(3,4)8(9)13/h6-8,11-13H,5H2,1-4H3/t6-,7+,8?. The largest absolute Gasteiger partial charge is 0.392 e. The van der Waals surface area contributed by atoms with E-state index in [0.717, 1.165) is 0 Å². The highest BCUT2D eigenvalue weighted by atomic mass is 16.3. The zero-order valence-corrected chi connectivity index (χ0v) is 8.78. The van der Waals surface area contributed by atoms with E-state index in [4.69, 9.17) is 0 Å². The Hall–Kier alpha value is -0.120. The van der Waals surface area contributed by atoms with Crippen LogP contribution >= 0.6 is 0 Å². The van der Waals surface area contributed by atoms with E-state index in [1.807, 2.05) is 27.7 Å². The van der Waals surface area contributed by atoms with Crippen LogP contribution < -0.4 is 0 Å². The molecule has 3 nitrogen and oxygen atoms in total. The lowest BCUT2D eigenvalue weighted by molar-refractivity contribution is -0.187. The van der Waals surface area contributed by atoms with Crippen molar-refractivity contribution in [3.05, 3.63) is 0 Å². The van der Waals surface area contributed by atoms with Crippen LogP contribution in [0.4, 0.5) is 0 Å². The van der Waals surface area contributed by atoms with Crippen LogP contribution in [0.2, 0.25) is 0 Å². The molecule has 1 aliphatic carbocycles. The van der Waals surface area contributed by atoms with Crippen molar-refractivity contribution >= 4 is 0 Å². The van der Waals surface area contributed by atoms with Crippen LogP contribution in [-0.2, 0) is 0 Å². The summed E-state index contributed by atoms with van der Waals surface area (Å²) in [7, 11) is 0. The Morgan fingerprint density at radius 3 is 1.46 bits per heavy atom. The Labute approximate surface area is 79.4 Å². The highest BCUT2D eigenvalue weighted by Gasteiger charge is 2.52. The second kappa shape index (κ2) is 2.94. The Kier molecular flexibility index (Phi) is 2.48. The number of hydrogen-bond donors (Lipinski definition) is 3. The van der Waals surface area contributed by atoms with Crippen molar-refractivity contribution in [1.82, 2.24) is 0 Å². The number of hydrogen-bond acceptors (Lipinski definition) is 3. The molecule has 0 aliphatic heterocycles. The molecule has 0 aromatic heterocycles. The van der Waals surface area contributed by atoms with Gasteiger partial charge in [0.25, 0.3) is 0 Å². The van der Waals surface area contributed by atoms with Crippen molar-refractivity contribution < 1.29 is 15.3 Å². The molecular weight excluding hydrogens is 168 g/mol. The average Bonchev–Trinajstić information content (AvgIpc) is 2.00. The third-order valence-electron chi connectivity index (χ3n) is 3.57. The van der Waals surface area contributed by atoms with E-state index in [9.17, 15) is 15.3 Å². The highest BCUT2D eigenvalue weighted by molar-refractivity contribution is 5.02. The Morgan fingerprint density at radius 1 is 0.846 bits per heavy atom. The van der Waals surface area contributed by atoms with Crippen LogP contribution in [-0.4, -0.2) is 33.6 Å². The summed E-state index contributed by atoms with van der Waals surface area (Å²) in [6.45, 7) is 7.32. The van der Waals surface area contributed by atoms with Gasteiger partial charge in [-0.1, -0.05) is 27.7 Å². The number of aliphatic hydroxyl groups excluding tert-OH is 3. The van der Waals surface area contributed by atoms with Crippen molar-refractivity contribution in [2.24, 2.45) is 10.8 Å². The van der Waals surface area contributed by atoms with Gasteiger partial charge in [0, 0.05) is 17.3 Å². The first-order chi connectivity index (χ1) is 5.70. The molecule has 78 valence electrons. The minimum Gasteiger partial charge on any atom is -0.392 e. The first-order valence-electron chi connectivity index (χ1n) is 4.75. The summed E-state index contributed by atoms with van der Waals surface area (Å²) in [5.74, 6) is 0. The van der Waals surface area contributed by atoms with E-state index >= 15 is 0 Å². The topological polar surface area (TPSA) is 60.7 Å². The Morgan fingerprint density at radius 2 is 1.15 bits per heavy atom. The van der Waals surface area contributed by atoms with E-state index < -0.39 is 29.1 Å². The van der Waals surface area contributed by atoms with Gasteiger partial charge in [-0.25, -0.2) is 0 Å². The molecule has 1 fully saturated rings. The first-order valence-corrected chi connectivity index (χ1v) is 4.75. The number of rotatable bonds is 0. The van der Waals surface area contributed by atoms with E-state index in [-0.39, 0.29) is 0 Å².